The van der Waals surface area contributed by atoms with Crippen LogP contribution in [0.2, 0.25) is 0 Å². The normalized spacial score (nSPS) is 19.8. The average Bonchev–Trinajstić information content (AvgIpc) is 2.75. The summed E-state index contributed by atoms with van der Waals surface area (Å²) in [6.07, 6.45) is 0.897. The second kappa shape index (κ2) is 5.65. The Morgan fingerprint density at radius 3 is 2.52 bits per heavy atom. The molecule has 1 heterocycles. The van der Waals surface area contributed by atoms with Gasteiger partial charge in [0.05, 0.1) is 5.41 Å². The number of rotatable bonds is 4. The first-order valence-corrected chi connectivity index (χ1v) is 7.91. The number of hydrogen-bond acceptors (Lipinski definition) is 2. The second-order valence-corrected chi connectivity index (χ2v) is 6.51. The summed E-state index contributed by atoms with van der Waals surface area (Å²) in [4.78, 5) is 26.9. The van der Waals surface area contributed by atoms with E-state index in [1.54, 1.807) is 11.9 Å². The maximum Gasteiger partial charge on any atom is 0.237 e. The SMILES string of the molecule is Cc1ccc2c(c1)C(C)(CCC(=O)c1ccccc1)C(=O)N2C. The molecule has 3 heteroatoms. The molecule has 1 unspecified atom stereocenters. The third kappa shape index (κ3) is 2.56. The molecule has 0 aromatic heterocycles. The molecule has 0 N–H and O–H groups in total. The van der Waals surface area contributed by atoms with Gasteiger partial charge in [0.25, 0.3) is 0 Å². The van der Waals surface area contributed by atoms with Gasteiger partial charge in [0.15, 0.2) is 5.78 Å². The zero-order valence-electron chi connectivity index (χ0n) is 13.8. The fourth-order valence-corrected chi connectivity index (χ4v) is 3.35. The van der Waals surface area contributed by atoms with Crippen LogP contribution >= 0.6 is 0 Å². The Kier molecular flexibility index (Phi) is 3.80. The number of nitrogens with zero attached hydrogens (tertiary/aromatic N) is 1. The molecule has 23 heavy (non-hydrogen) atoms. The van der Waals surface area contributed by atoms with Crippen molar-refractivity contribution in [3.05, 3.63) is 65.2 Å². The Labute approximate surface area is 136 Å². The number of hydrogen-bond donors (Lipinski definition) is 0. The zero-order chi connectivity index (χ0) is 16.6. The Bertz CT molecular complexity index is 766. The lowest BCUT2D eigenvalue weighted by atomic mass is 9.78. The van der Waals surface area contributed by atoms with E-state index in [-0.39, 0.29) is 11.7 Å². The van der Waals surface area contributed by atoms with E-state index < -0.39 is 5.41 Å². The van der Waals surface area contributed by atoms with Crippen molar-refractivity contribution in [3.63, 3.8) is 0 Å². The summed E-state index contributed by atoms with van der Waals surface area (Å²) >= 11 is 0. The molecule has 0 saturated carbocycles. The van der Waals surface area contributed by atoms with E-state index in [0.29, 0.717) is 18.4 Å². The molecule has 0 saturated heterocycles. The van der Waals surface area contributed by atoms with Crippen LogP contribution in [0.15, 0.2) is 48.5 Å². The molecule has 1 amide bonds. The number of carbonyl (C=O) groups excluding carboxylic acids is 2. The van der Waals surface area contributed by atoms with Gasteiger partial charge >= 0.3 is 0 Å². The molecular formula is C20H21NO2. The quantitative estimate of drug-likeness (QED) is 0.804. The number of likely N-dealkylation sites (N-methyl/N-ethyl adjacent to an activating group) is 1. The molecule has 0 radical (unpaired) electrons. The van der Waals surface area contributed by atoms with Gasteiger partial charge < -0.3 is 4.90 Å². The topological polar surface area (TPSA) is 37.4 Å². The van der Waals surface area contributed by atoms with Crippen LogP contribution in [0.3, 0.4) is 0 Å². The third-order valence-electron chi connectivity index (χ3n) is 4.83. The lowest BCUT2D eigenvalue weighted by molar-refractivity contribution is -0.122. The fraction of sp³-hybridized carbons (Fsp3) is 0.300. The molecule has 3 rings (SSSR count). The van der Waals surface area contributed by atoms with Crippen LogP contribution in [0.25, 0.3) is 0 Å². The van der Waals surface area contributed by atoms with Crippen LogP contribution in [0, 0.1) is 6.92 Å². The van der Waals surface area contributed by atoms with Crippen molar-refractivity contribution < 1.29 is 9.59 Å². The highest BCUT2D eigenvalue weighted by molar-refractivity contribution is 6.08. The summed E-state index contributed by atoms with van der Waals surface area (Å²) in [5.74, 6) is 0.155. The average molecular weight is 307 g/mol. The van der Waals surface area contributed by atoms with Gasteiger partial charge in [0.2, 0.25) is 5.91 Å². The van der Waals surface area contributed by atoms with Crippen molar-refractivity contribution in [2.45, 2.75) is 32.1 Å². The molecule has 2 aromatic rings. The minimum absolute atomic E-state index is 0.0685. The van der Waals surface area contributed by atoms with Gasteiger partial charge in [0, 0.05) is 24.7 Å². The van der Waals surface area contributed by atoms with E-state index in [0.717, 1.165) is 16.8 Å². The predicted molar refractivity (Wildman–Crippen MR) is 91.9 cm³/mol. The summed E-state index contributed by atoms with van der Waals surface area (Å²) in [6.45, 7) is 3.98. The zero-order valence-corrected chi connectivity index (χ0v) is 13.8. The van der Waals surface area contributed by atoms with Crippen LogP contribution in [0.1, 0.15) is 41.3 Å². The Hall–Kier alpha value is -2.42. The van der Waals surface area contributed by atoms with Crippen LogP contribution in [0.4, 0.5) is 5.69 Å². The van der Waals surface area contributed by atoms with Crippen molar-refractivity contribution >= 4 is 17.4 Å². The summed E-state index contributed by atoms with van der Waals surface area (Å²) in [5, 5.41) is 0. The van der Waals surface area contributed by atoms with Gasteiger partial charge in [-0.15, -0.1) is 0 Å². The van der Waals surface area contributed by atoms with Gasteiger partial charge in [-0.2, -0.15) is 0 Å². The predicted octanol–water partition coefficient (Wildman–Crippen LogP) is 3.89. The molecule has 1 atom stereocenters. The molecule has 0 fully saturated rings. The summed E-state index contributed by atoms with van der Waals surface area (Å²) < 4.78 is 0. The number of ketones is 1. The van der Waals surface area contributed by atoms with E-state index >= 15 is 0 Å². The van der Waals surface area contributed by atoms with Gasteiger partial charge in [-0.3, -0.25) is 9.59 Å². The van der Waals surface area contributed by atoms with Gasteiger partial charge in [-0.25, -0.2) is 0 Å². The van der Waals surface area contributed by atoms with Crippen LogP contribution in [-0.4, -0.2) is 18.7 Å². The number of anilines is 1. The Morgan fingerprint density at radius 1 is 1.13 bits per heavy atom. The Balaban J connectivity index is 1.86. The van der Waals surface area contributed by atoms with E-state index in [1.807, 2.05) is 56.3 Å². The van der Waals surface area contributed by atoms with E-state index in [1.165, 1.54) is 0 Å². The molecule has 118 valence electrons. The molecular weight excluding hydrogens is 286 g/mol. The van der Waals surface area contributed by atoms with Crippen LogP contribution in [-0.2, 0) is 10.2 Å². The largest absolute Gasteiger partial charge is 0.314 e. The van der Waals surface area contributed by atoms with E-state index in [4.69, 9.17) is 0 Å². The molecule has 0 bridgehead atoms. The molecule has 0 spiro atoms. The number of Topliss-reactive ketones (excluding diaryl/α,β-unsaturated/α-hetero) is 1. The third-order valence-corrected chi connectivity index (χ3v) is 4.83. The smallest absolute Gasteiger partial charge is 0.237 e. The summed E-state index contributed by atoms with van der Waals surface area (Å²) in [5.41, 5.74) is 3.20. The standard InChI is InChI=1S/C20H21NO2/c1-14-9-10-17-16(13-14)20(2,19(23)21(17)3)12-11-18(22)15-7-5-4-6-8-15/h4-10,13H,11-12H2,1-3H3. The minimum Gasteiger partial charge on any atom is -0.314 e. The molecule has 3 nitrogen and oxygen atoms in total. The lowest BCUT2D eigenvalue weighted by Gasteiger charge is -2.23. The van der Waals surface area contributed by atoms with Gasteiger partial charge in [0.1, 0.15) is 0 Å². The van der Waals surface area contributed by atoms with Crippen molar-refractivity contribution in [1.29, 1.82) is 0 Å². The van der Waals surface area contributed by atoms with Crippen LogP contribution in [0.5, 0.6) is 0 Å². The number of fused-ring (bicyclic) bond motifs is 1. The number of aryl methyl sites for hydroxylation is 1. The highest BCUT2D eigenvalue weighted by atomic mass is 16.2. The Morgan fingerprint density at radius 2 is 1.83 bits per heavy atom. The number of amides is 1. The highest BCUT2D eigenvalue weighted by Crippen LogP contribution is 2.44. The maximum absolute atomic E-state index is 12.8. The first-order chi connectivity index (χ1) is 10.9. The van der Waals surface area contributed by atoms with Crippen molar-refractivity contribution in [2.75, 3.05) is 11.9 Å². The fourth-order valence-electron chi connectivity index (χ4n) is 3.35. The highest BCUT2D eigenvalue weighted by Gasteiger charge is 2.45. The molecule has 0 aliphatic carbocycles. The number of benzene rings is 2. The van der Waals surface area contributed by atoms with Gasteiger partial charge in [-0.05, 0) is 31.9 Å². The van der Waals surface area contributed by atoms with Crippen molar-refractivity contribution in [2.24, 2.45) is 0 Å². The first kappa shape index (κ1) is 15.5. The monoisotopic (exact) mass is 307 g/mol. The second-order valence-electron chi connectivity index (χ2n) is 6.51. The minimum atomic E-state index is -0.624. The maximum atomic E-state index is 12.8. The summed E-state index contributed by atoms with van der Waals surface area (Å²) in [6, 6.07) is 15.4. The molecule has 2 aromatic carbocycles. The first-order valence-electron chi connectivity index (χ1n) is 7.91. The van der Waals surface area contributed by atoms with Gasteiger partial charge in [-0.1, -0.05) is 48.0 Å². The van der Waals surface area contributed by atoms with E-state index in [2.05, 4.69) is 6.07 Å². The summed E-state index contributed by atoms with van der Waals surface area (Å²) in [7, 11) is 1.81. The van der Waals surface area contributed by atoms with Crippen LogP contribution < -0.4 is 4.90 Å². The lowest BCUT2D eigenvalue weighted by Crippen LogP contribution is -2.36. The van der Waals surface area contributed by atoms with E-state index in [9.17, 15) is 9.59 Å². The molecule has 1 aliphatic heterocycles. The van der Waals surface area contributed by atoms with Crippen molar-refractivity contribution in [1.82, 2.24) is 0 Å². The molecule has 1 aliphatic rings. The number of carbonyl (C=O) groups is 2. The van der Waals surface area contributed by atoms with Crippen molar-refractivity contribution in [3.8, 4) is 0 Å².